The molecule has 0 bridgehead atoms. The lowest BCUT2D eigenvalue weighted by atomic mass is 10.2. The maximum absolute atomic E-state index is 11.7. The SMILES string of the molecule is Cc1occc1C(=O)NNC(=O)c1nccnc1N. The van der Waals surface area contributed by atoms with Gasteiger partial charge in [-0.1, -0.05) is 0 Å². The van der Waals surface area contributed by atoms with Crippen LogP contribution in [0.5, 0.6) is 0 Å². The molecule has 19 heavy (non-hydrogen) atoms. The van der Waals surface area contributed by atoms with Crippen LogP contribution in [0.3, 0.4) is 0 Å². The van der Waals surface area contributed by atoms with Gasteiger partial charge in [-0.3, -0.25) is 20.4 Å². The van der Waals surface area contributed by atoms with Crippen LogP contribution in [0, 0.1) is 6.92 Å². The Kier molecular flexibility index (Phi) is 3.42. The van der Waals surface area contributed by atoms with E-state index in [9.17, 15) is 9.59 Å². The molecule has 2 heterocycles. The average molecular weight is 261 g/mol. The van der Waals surface area contributed by atoms with Gasteiger partial charge in [0.2, 0.25) is 0 Å². The Labute approximate surface area is 108 Å². The zero-order chi connectivity index (χ0) is 13.8. The first kappa shape index (κ1) is 12.6. The van der Waals surface area contributed by atoms with E-state index in [0.29, 0.717) is 11.3 Å². The summed E-state index contributed by atoms with van der Waals surface area (Å²) >= 11 is 0. The van der Waals surface area contributed by atoms with Crippen molar-refractivity contribution in [3.8, 4) is 0 Å². The van der Waals surface area contributed by atoms with Gasteiger partial charge in [0.15, 0.2) is 11.5 Å². The summed E-state index contributed by atoms with van der Waals surface area (Å²) in [5.41, 5.74) is 10.2. The monoisotopic (exact) mass is 261 g/mol. The normalized spacial score (nSPS) is 9.95. The lowest BCUT2D eigenvalue weighted by molar-refractivity contribution is 0.0843. The van der Waals surface area contributed by atoms with Crippen LogP contribution >= 0.6 is 0 Å². The first-order valence-corrected chi connectivity index (χ1v) is 5.31. The molecule has 0 saturated carbocycles. The summed E-state index contributed by atoms with van der Waals surface area (Å²) in [6.45, 7) is 1.64. The van der Waals surface area contributed by atoms with Gasteiger partial charge >= 0.3 is 0 Å². The van der Waals surface area contributed by atoms with Crippen molar-refractivity contribution in [2.75, 3.05) is 5.73 Å². The highest BCUT2D eigenvalue weighted by Crippen LogP contribution is 2.07. The van der Waals surface area contributed by atoms with Gasteiger partial charge in [-0.25, -0.2) is 9.97 Å². The van der Waals surface area contributed by atoms with Crippen molar-refractivity contribution >= 4 is 17.6 Å². The Bertz CT molecular complexity index is 622. The molecule has 2 aromatic rings. The van der Waals surface area contributed by atoms with Gasteiger partial charge in [0, 0.05) is 12.4 Å². The standard InChI is InChI=1S/C11H11N5O3/c1-6-7(2-5-19-6)10(17)15-16-11(18)8-9(12)14-4-3-13-8/h2-5H,1H3,(H2,12,14)(H,15,17)(H,16,18). The zero-order valence-electron chi connectivity index (χ0n) is 10.0. The van der Waals surface area contributed by atoms with Crippen molar-refractivity contribution in [2.24, 2.45) is 0 Å². The Morgan fingerprint density at radius 1 is 1.21 bits per heavy atom. The third kappa shape index (κ3) is 2.68. The maximum Gasteiger partial charge on any atom is 0.292 e. The van der Waals surface area contributed by atoms with E-state index in [-0.39, 0.29) is 11.5 Å². The average Bonchev–Trinajstić information content (AvgIpc) is 2.82. The van der Waals surface area contributed by atoms with Gasteiger partial charge in [-0.2, -0.15) is 0 Å². The second-order valence-corrected chi connectivity index (χ2v) is 3.59. The number of rotatable bonds is 2. The van der Waals surface area contributed by atoms with E-state index >= 15 is 0 Å². The van der Waals surface area contributed by atoms with Crippen LogP contribution < -0.4 is 16.6 Å². The summed E-state index contributed by atoms with van der Waals surface area (Å²) in [5.74, 6) is -0.721. The van der Waals surface area contributed by atoms with Gasteiger partial charge < -0.3 is 10.2 Å². The van der Waals surface area contributed by atoms with Gasteiger partial charge in [-0.15, -0.1) is 0 Å². The van der Waals surface area contributed by atoms with E-state index in [2.05, 4.69) is 20.8 Å². The number of hydrogen-bond donors (Lipinski definition) is 3. The van der Waals surface area contributed by atoms with Crippen LogP contribution in [0.4, 0.5) is 5.82 Å². The lowest BCUT2D eigenvalue weighted by Gasteiger charge is -2.07. The van der Waals surface area contributed by atoms with Gasteiger partial charge in [0.25, 0.3) is 11.8 Å². The molecule has 8 nitrogen and oxygen atoms in total. The molecule has 0 fully saturated rings. The topological polar surface area (TPSA) is 123 Å². The van der Waals surface area contributed by atoms with E-state index in [4.69, 9.17) is 10.2 Å². The molecular weight excluding hydrogens is 250 g/mol. The predicted molar refractivity (Wildman–Crippen MR) is 64.8 cm³/mol. The molecule has 8 heteroatoms. The number of nitrogens with zero attached hydrogens (tertiary/aromatic N) is 2. The van der Waals surface area contributed by atoms with Crippen molar-refractivity contribution in [3.63, 3.8) is 0 Å². The summed E-state index contributed by atoms with van der Waals surface area (Å²) in [5, 5.41) is 0. The molecule has 0 aromatic carbocycles. The smallest absolute Gasteiger partial charge is 0.292 e. The predicted octanol–water partition coefficient (Wildman–Crippen LogP) is 0.0350. The molecule has 2 rings (SSSR count). The van der Waals surface area contributed by atoms with Crippen LogP contribution in [-0.2, 0) is 0 Å². The van der Waals surface area contributed by atoms with E-state index < -0.39 is 11.8 Å². The Hall–Kier alpha value is -2.90. The fourth-order valence-electron chi connectivity index (χ4n) is 1.38. The van der Waals surface area contributed by atoms with Crippen LogP contribution in [0.15, 0.2) is 29.1 Å². The second-order valence-electron chi connectivity index (χ2n) is 3.59. The van der Waals surface area contributed by atoms with Crippen LogP contribution in [0.1, 0.15) is 26.6 Å². The molecule has 0 atom stereocenters. The largest absolute Gasteiger partial charge is 0.469 e. The molecule has 0 radical (unpaired) electrons. The number of carbonyl (C=O) groups excluding carboxylic acids is 2. The highest BCUT2D eigenvalue weighted by atomic mass is 16.3. The second kappa shape index (κ2) is 5.17. The molecule has 2 amide bonds. The number of furan rings is 1. The Balaban J connectivity index is 2.00. The van der Waals surface area contributed by atoms with Gasteiger partial charge in [0.1, 0.15) is 5.76 Å². The number of amides is 2. The zero-order valence-corrected chi connectivity index (χ0v) is 10.0. The first-order chi connectivity index (χ1) is 9.09. The molecular formula is C11H11N5O3. The van der Waals surface area contributed by atoms with Crippen LogP contribution in [0.25, 0.3) is 0 Å². The minimum absolute atomic E-state index is 0.0197. The Morgan fingerprint density at radius 2 is 1.89 bits per heavy atom. The third-order valence-corrected chi connectivity index (χ3v) is 2.33. The van der Waals surface area contributed by atoms with Crippen molar-refractivity contribution in [1.29, 1.82) is 0 Å². The van der Waals surface area contributed by atoms with Crippen molar-refractivity contribution < 1.29 is 14.0 Å². The fraction of sp³-hybridized carbons (Fsp3) is 0.0909. The van der Waals surface area contributed by atoms with Crippen molar-refractivity contribution in [2.45, 2.75) is 6.92 Å². The van der Waals surface area contributed by atoms with Crippen LogP contribution in [0.2, 0.25) is 0 Å². The number of nitrogen functional groups attached to an aromatic ring is 1. The van der Waals surface area contributed by atoms with E-state index in [1.54, 1.807) is 6.92 Å². The quantitative estimate of drug-likeness (QED) is 0.655. The molecule has 4 N–H and O–H groups in total. The molecule has 0 unspecified atom stereocenters. The Morgan fingerprint density at radius 3 is 2.53 bits per heavy atom. The lowest BCUT2D eigenvalue weighted by Crippen LogP contribution is -2.42. The van der Waals surface area contributed by atoms with Crippen molar-refractivity contribution in [1.82, 2.24) is 20.8 Å². The maximum atomic E-state index is 11.7. The first-order valence-electron chi connectivity index (χ1n) is 5.31. The number of hydrazine groups is 1. The van der Waals surface area contributed by atoms with Gasteiger partial charge in [-0.05, 0) is 13.0 Å². The summed E-state index contributed by atoms with van der Waals surface area (Å²) in [6, 6.07) is 1.49. The number of nitrogens with two attached hydrogens (primary N) is 1. The van der Waals surface area contributed by atoms with Crippen LogP contribution in [-0.4, -0.2) is 21.8 Å². The molecule has 2 aromatic heterocycles. The molecule has 0 spiro atoms. The molecule has 0 saturated heterocycles. The summed E-state index contributed by atoms with van der Waals surface area (Å²) in [7, 11) is 0. The minimum atomic E-state index is -0.653. The number of aryl methyl sites for hydroxylation is 1. The number of carbonyl (C=O) groups is 2. The minimum Gasteiger partial charge on any atom is -0.469 e. The summed E-state index contributed by atoms with van der Waals surface area (Å²) in [6.07, 6.45) is 4.07. The fourth-order valence-corrected chi connectivity index (χ4v) is 1.38. The molecule has 98 valence electrons. The van der Waals surface area contributed by atoms with Gasteiger partial charge in [0.05, 0.1) is 11.8 Å². The number of nitrogens with one attached hydrogen (secondary N) is 2. The number of anilines is 1. The molecule has 0 aliphatic heterocycles. The van der Waals surface area contributed by atoms with Crippen molar-refractivity contribution in [3.05, 3.63) is 41.7 Å². The highest BCUT2D eigenvalue weighted by Gasteiger charge is 2.15. The molecule has 0 aliphatic rings. The van der Waals surface area contributed by atoms with E-state index in [1.165, 1.54) is 24.7 Å². The number of aromatic nitrogens is 2. The number of hydrogen-bond acceptors (Lipinski definition) is 6. The van der Waals surface area contributed by atoms with E-state index in [0.717, 1.165) is 0 Å². The third-order valence-electron chi connectivity index (χ3n) is 2.33. The van der Waals surface area contributed by atoms with E-state index in [1.807, 2.05) is 0 Å². The molecule has 0 aliphatic carbocycles. The highest BCUT2D eigenvalue weighted by molar-refractivity contribution is 6.00. The summed E-state index contributed by atoms with van der Waals surface area (Å²) in [4.78, 5) is 30.9. The summed E-state index contributed by atoms with van der Waals surface area (Å²) < 4.78 is 4.98.